The second-order valence-electron chi connectivity index (χ2n) is 4.13. The second-order valence-corrected chi connectivity index (χ2v) is 4.13. The van der Waals surface area contributed by atoms with Crippen molar-refractivity contribution < 1.29 is 23.8 Å². The SMILES string of the molecule is O=C(O)CC1(c2cc(O)c(F)cc2F)CC1. The van der Waals surface area contributed by atoms with Crippen LogP contribution < -0.4 is 0 Å². The molecule has 3 nitrogen and oxygen atoms in total. The van der Waals surface area contributed by atoms with E-state index in [2.05, 4.69) is 0 Å². The number of phenolic OH excluding ortho intramolecular Hbond substituents is 1. The summed E-state index contributed by atoms with van der Waals surface area (Å²) in [5, 5.41) is 17.9. The van der Waals surface area contributed by atoms with E-state index in [-0.39, 0.29) is 12.0 Å². The zero-order chi connectivity index (χ0) is 11.9. The monoisotopic (exact) mass is 228 g/mol. The summed E-state index contributed by atoms with van der Waals surface area (Å²) in [5.41, 5.74) is -0.671. The van der Waals surface area contributed by atoms with Crippen LogP contribution in [0.5, 0.6) is 5.75 Å². The molecular weight excluding hydrogens is 218 g/mol. The van der Waals surface area contributed by atoms with Crippen molar-refractivity contribution in [3.05, 3.63) is 29.3 Å². The highest BCUT2D eigenvalue weighted by atomic mass is 19.1. The molecule has 1 aromatic carbocycles. The molecule has 0 atom stereocenters. The van der Waals surface area contributed by atoms with Crippen molar-refractivity contribution in [3.63, 3.8) is 0 Å². The maximum absolute atomic E-state index is 13.5. The van der Waals surface area contributed by atoms with Crippen molar-refractivity contribution in [3.8, 4) is 5.75 Å². The van der Waals surface area contributed by atoms with E-state index in [0.29, 0.717) is 18.9 Å². The van der Waals surface area contributed by atoms with Crippen LogP contribution in [0, 0.1) is 11.6 Å². The summed E-state index contributed by atoms with van der Waals surface area (Å²) in [4.78, 5) is 10.6. The molecule has 16 heavy (non-hydrogen) atoms. The van der Waals surface area contributed by atoms with Crippen LogP contribution in [0.3, 0.4) is 0 Å². The molecule has 1 fully saturated rings. The van der Waals surface area contributed by atoms with Crippen molar-refractivity contribution in [2.75, 3.05) is 0 Å². The fourth-order valence-corrected chi connectivity index (χ4v) is 1.93. The number of benzene rings is 1. The van der Waals surface area contributed by atoms with Crippen LogP contribution in [0.15, 0.2) is 12.1 Å². The summed E-state index contributed by atoms with van der Waals surface area (Å²) in [6.07, 6.45) is 0.886. The number of rotatable bonds is 3. The van der Waals surface area contributed by atoms with E-state index in [9.17, 15) is 13.6 Å². The average molecular weight is 228 g/mol. The summed E-state index contributed by atoms with van der Waals surface area (Å²) < 4.78 is 26.3. The lowest BCUT2D eigenvalue weighted by atomic mass is 9.91. The maximum atomic E-state index is 13.5. The third-order valence-corrected chi connectivity index (χ3v) is 2.95. The third kappa shape index (κ3) is 1.73. The van der Waals surface area contributed by atoms with Crippen molar-refractivity contribution in [1.82, 2.24) is 0 Å². The van der Waals surface area contributed by atoms with Gasteiger partial charge in [-0.3, -0.25) is 4.79 Å². The molecule has 0 saturated heterocycles. The quantitative estimate of drug-likeness (QED) is 0.833. The summed E-state index contributed by atoms with van der Waals surface area (Å²) in [6.45, 7) is 0. The first-order valence-electron chi connectivity index (χ1n) is 4.85. The van der Waals surface area contributed by atoms with E-state index in [1.165, 1.54) is 0 Å². The van der Waals surface area contributed by atoms with Crippen molar-refractivity contribution >= 4 is 5.97 Å². The van der Waals surface area contributed by atoms with Crippen LogP contribution in [-0.4, -0.2) is 16.2 Å². The Balaban J connectivity index is 2.41. The minimum Gasteiger partial charge on any atom is -0.505 e. The van der Waals surface area contributed by atoms with Gasteiger partial charge in [0.2, 0.25) is 0 Å². The van der Waals surface area contributed by atoms with Crippen LogP contribution in [0.1, 0.15) is 24.8 Å². The summed E-state index contributed by atoms with van der Waals surface area (Å²) in [6, 6.07) is 1.58. The van der Waals surface area contributed by atoms with E-state index in [1.807, 2.05) is 0 Å². The normalized spacial score (nSPS) is 17.1. The predicted octanol–water partition coefficient (Wildman–Crippen LogP) is 2.18. The fraction of sp³-hybridized carbons (Fsp3) is 0.364. The molecule has 86 valence electrons. The van der Waals surface area contributed by atoms with Crippen molar-refractivity contribution in [2.24, 2.45) is 0 Å². The fourth-order valence-electron chi connectivity index (χ4n) is 1.93. The van der Waals surface area contributed by atoms with Crippen LogP contribution in [0.4, 0.5) is 8.78 Å². The van der Waals surface area contributed by atoms with E-state index < -0.39 is 28.8 Å². The van der Waals surface area contributed by atoms with Gasteiger partial charge in [0.05, 0.1) is 6.42 Å². The highest BCUT2D eigenvalue weighted by Crippen LogP contribution is 2.52. The van der Waals surface area contributed by atoms with Crippen LogP contribution in [-0.2, 0) is 10.2 Å². The molecule has 1 saturated carbocycles. The number of hydrogen-bond donors (Lipinski definition) is 2. The van der Waals surface area contributed by atoms with E-state index in [1.54, 1.807) is 0 Å². The molecule has 0 spiro atoms. The van der Waals surface area contributed by atoms with Gasteiger partial charge in [0, 0.05) is 11.5 Å². The minimum atomic E-state index is -1.03. The molecular formula is C11H10F2O3. The Kier molecular flexibility index (Phi) is 2.33. The highest BCUT2D eigenvalue weighted by Gasteiger charge is 2.48. The topological polar surface area (TPSA) is 57.5 Å². The number of halogens is 2. The number of hydrogen-bond acceptors (Lipinski definition) is 2. The molecule has 2 rings (SSSR count). The smallest absolute Gasteiger partial charge is 0.304 e. The Hall–Kier alpha value is -1.65. The molecule has 1 aliphatic rings. The van der Waals surface area contributed by atoms with Gasteiger partial charge in [0.1, 0.15) is 5.82 Å². The van der Waals surface area contributed by atoms with Gasteiger partial charge < -0.3 is 10.2 Å². The Labute approximate surface area is 90.3 Å². The highest BCUT2D eigenvalue weighted by molar-refractivity contribution is 5.70. The molecule has 5 heteroatoms. The van der Waals surface area contributed by atoms with Crippen LogP contribution >= 0.6 is 0 Å². The summed E-state index contributed by atoms with van der Waals surface area (Å²) >= 11 is 0. The number of aromatic hydroxyl groups is 1. The summed E-state index contributed by atoms with van der Waals surface area (Å²) in [5.74, 6) is -3.50. The Morgan fingerprint density at radius 2 is 1.94 bits per heavy atom. The first kappa shape index (κ1) is 10.9. The number of carboxylic acids is 1. The first-order chi connectivity index (χ1) is 7.44. The number of phenols is 1. The molecule has 1 aliphatic carbocycles. The van der Waals surface area contributed by atoms with Gasteiger partial charge in [-0.1, -0.05) is 0 Å². The Morgan fingerprint density at radius 3 is 2.44 bits per heavy atom. The first-order valence-corrected chi connectivity index (χ1v) is 4.85. The van der Waals surface area contributed by atoms with Gasteiger partial charge in [-0.15, -0.1) is 0 Å². The number of aliphatic carboxylic acids is 1. The Morgan fingerprint density at radius 1 is 1.31 bits per heavy atom. The van der Waals surface area contributed by atoms with Gasteiger partial charge in [-0.05, 0) is 24.5 Å². The summed E-state index contributed by atoms with van der Waals surface area (Å²) in [7, 11) is 0. The lowest BCUT2D eigenvalue weighted by molar-refractivity contribution is -0.137. The standard InChI is InChI=1S/C11H10F2O3/c12-7-4-8(13)9(14)3-6(7)11(1-2-11)5-10(15)16/h3-4,14H,1-2,5H2,(H,15,16). The lowest BCUT2D eigenvalue weighted by Gasteiger charge is -2.14. The zero-order valence-electron chi connectivity index (χ0n) is 8.33. The molecule has 0 amide bonds. The van der Waals surface area contributed by atoms with Crippen molar-refractivity contribution in [1.29, 1.82) is 0 Å². The van der Waals surface area contributed by atoms with E-state index in [0.717, 1.165) is 6.07 Å². The largest absolute Gasteiger partial charge is 0.505 e. The molecule has 0 bridgehead atoms. The predicted molar refractivity (Wildman–Crippen MR) is 51.2 cm³/mol. The van der Waals surface area contributed by atoms with E-state index in [4.69, 9.17) is 10.2 Å². The number of carboxylic acid groups (broad SMARTS) is 1. The van der Waals surface area contributed by atoms with Crippen LogP contribution in [0.25, 0.3) is 0 Å². The zero-order valence-corrected chi connectivity index (χ0v) is 8.33. The average Bonchev–Trinajstić information content (AvgIpc) is 2.91. The minimum absolute atomic E-state index is 0.0915. The molecule has 0 heterocycles. The second kappa shape index (κ2) is 3.43. The molecule has 0 aromatic heterocycles. The Bertz CT molecular complexity index is 453. The van der Waals surface area contributed by atoms with Crippen molar-refractivity contribution in [2.45, 2.75) is 24.7 Å². The maximum Gasteiger partial charge on any atom is 0.304 e. The van der Waals surface area contributed by atoms with Crippen LogP contribution in [0.2, 0.25) is 0 Å². The van der Waals surface area contributed by atoms with Gasteiger partial charge in [-0.25, -0.2) is 8.78 Å². The van der Waals surface area contributed by atoms with Gasteiger partial charge in [-0.2, -0.15) is 0 Å². The molecule has 2 N–H and O–H groups in total. The van der Waals surface area contributed by atoms with Gasteiger partial charge >= 0.3 is 5.97 Å². The van der Waals surface area contributed by atoms with Gasteiger partial charge in [0.15, 0.2) is 11.6 Å². The lowest BCUT2D eigenvalue weighted by Crippen LogP contribution is -2.14. The van der Waals surface area contributed by atoms with E-state index >= 15 is 0 Å². The number of carbonyl (C=O) groups is 1. The molecule has 0 aliphatic heterocycles. The third-order valence-electron chi connectivity index (χ3n) is 2.95. The molecule has 0 radical (unpaired) electrons. The molecule has 1 aromatic rings. The van der Waals surface area contributed by atoms with Gasteiger partial charge in [0.25, 0.3) is 0 Å². The molecule has 0 unspecified atom stereocenters.